The van der Waals surface area contributed by atoms with Gasteiger partial charge in [-0.15, -0.1) is 0 Å². The predicted molar refractivity (Wildman–Crippen MR) is 75.0 cm³/mol. The Hall–Kier alpha value is -1.91. The van der Waals surface area contributed by atoms with Crippen molar-refractivity contribution >= 4 is 17.6 Å². The van der Waals surface area contributed by atoms with Gasteiger partial charge in [-0.2, -0.15) is 0 Å². The van der Waals surface area contributed by atoms with E-state index in [9.17, 15) is 9.59 Å². The van der Waals surface area contributed by atoms with E-state index in [0.29, 0.717) is 5.82 Å². The van der Waals surface area contributed by atoms with E-state index in [1.165, 1.54) is 11.3 Å². The van der Waals surface area contributed by atoms with Gasteiger partial charge in [0.15, 0.2) is 0 Å². The van der Waals surface area contributed by atoms with Crippen LogP contribution in [0.25, 0.3) is 0 Å². The Balaban J connectivity index is 1.70. The van der Waals surface area contributed by atoms with Crippen LogP contribution in [-0.4, -0.2) is 33.8 Å². The Morgan fingerprint density at radius 1 is 1.15 bits per heavy atom. The zero-order valence-electron chi connectivity index (χ0n) is 11.4. The molecule has 0 aromatic carbocycles. The van der Waals surface area contributed by atoms with E-state index in [1.807, 2.05) is 12.1 Å². The molecule has 1 aromatic heterocycles. The third-order valence-electron chi connectivity index (χ3n) is 4.11. The molecule has 3 rings (SSSR count). The molecule has 1 aliphatic carbocycles. The van der Waals surface area contributed by atoms with E-state index >= 15 is 0 Å². The van der Waals surface area contributed by atoms with Gasteiger partial charge in [0.1, 0.15) is 11.9 Å². The van der Waals surface area contributed by atoms with Crippen LogP contribution in [0.5, 0.6) is 0 Å². The number of nitrogens with zero attached hydrogens (tertiary/aromatic N) is 2. The highest BCUT2D eigenvalue weighted by molar-refractivity contribution is 6.07. The third-order valence-corrected chi connectivity index (χ3v) is 4.11. The highest BCUT2D eigenvalue weighted by atomic mass is 16.2. The molecule has 2 fully saturated rings. The molecule has 2 amide bonds. The molecular weight excluding hydrogens is 254 g/mol. The molecule has 5 nitrogen and oxygen atoms in total. The first-order valence-corrected chi connectivity index (χ1v) is 7.29. The van der Waals surface area contributed by atoms with Gasteiger partial charge < -0.3 is 5.32 Å². The summed E-state index contributed by atoms with van der Waals surface area (Å²) in [5.41, 5.74) is 0. The summed E-state index contributed by atoms with van der Waals surface area (Å²) in [7, 11) is 0. The van der Waals surface area contributed by atoms with Crippen LogP contribution in [0.1, 0.15) is 38.5 Å². The lowest BCUT2D eigenvalue weighted by Gasteiger charge is -2.29. The van der Waals surface area contributed by atoms with Crippen LogP contribution in [0.4, 0.5) is 5.82 Å². The van der Waals surface area contributed by atoms with Crippen LogP contribution in [-0.2, 0) is 9.59 Å². The highest BCUT2D eigenvalue weighted by Gasteiger charge is 2.42. The molecule has 1 unspecified atom stereocenters. The van der Waals surface area contributed by atoms with Crippen molar-refractivity contribution in [2.24, 2.45) is 0 Å². The SMILES string of the molecule is O=C1CC(Nc2ccccn2)C(=O)N1C1CCCCC1. The molecule has 0 radical (unpaired) electrons. The smallest absolute Gasteiger partial charge is 0.252 e. The van der Waals surface area contributed by atoms with Crippen molar-refractivity contribution in [3.63, 3.8) is 0 Å². The van der Waals surface area contributed by atoms with Crippen molar-refractivity contribution in [3.05, 3.63) is 24.4 Å². The van der Waals surface area contributed by atoms with E-state index in [2.05, 4.69) is 10.3 Å². The molecule has 0 spiro atoms. The lowest BCUT2D eigenvalue weighted by atomic mass is 9.94. The van der Waals surface area contributed by atoms with Gasteiger partial charge >= 0.3 is 0 Å². The Morgan fingerprint density at radius 3 is 2.65 bits per heavy atom. The van der Waals surface area contributed by atoms with Gasteiger partial charge in [-0.25, -0.2) is 4.98 Å². The molecule has 2 aliphatic rings. The summed E-state index contributed by atoms with van der Waals surface area (Å²) in [5, 5.41) is 3.07. The Labute approximate surface area is 118 Å². The average molecular weight is 273 g/mol. The quantitative estimate of drug-likeness (QED) is 0.855. The third kappa shape index (κ3) is 2.53. The number of imide groups is 1. The molecular formula is C15H19N3O2. The lowest BCUT2D eigenvalue weighted by molar-refractivity contribution is -0.141. The van der Waals surface area contributed by atoms with Gasteiger partial charge in [0.2, 0.25) is 5.91 Å². The van der Waals surface area contributed by atoms with Gasteiger partial charge in [0.05, 0.1) is 6.42 Å². The molecule has 1 atom stereocenters. The van der Waals surface area contributed by atoms with E-state index in [0.717, 1.165) is 25.7 Å². The molecule has 106 valence electrons. The summed E-state index contributed by atoms with van der Waals surface area (Å²) >= 11 is 0. The summed E-state index contributed by atoms with van der Waals surface area (Å²) in [6.45, 7) is 0. The number of rotatable bonds is 3. The molecule has 5 heteroatoms. The number of carbonyl (C=O) groups excluding carboxylic acids is 2. The second kappa shape index (κ2) is 5.61. The van der Waals surface area contributed by atoms with Crippen molar-refractivity contribution in [3.8, 4) is 0 Å². The van der Waals surface area contributed by atoms with Gasteiger partial charge in [-0.05, 0) is 25.0 Å². The Kier molecular flexibility index (Phi) is 3.67. The molecule has 20 heavy (non-hydrogen) atoms. The van der Waals surface area contributed by atoms with Crippen molar-refractivity contribution in [2.45, 2.75) is 50.6 Å². The number of nitrogens with one attached hydrogen (secondary N) is 1. The molecule has 1 N–H and O–H groups in total. The van der Waals surface area contributed by atoms with Crippen LogP contribution >= 0.6 is 0 Å². The first kappa shape index (κ1) is 13.1. The first-order valence-electron chi connectivity index (χ1n) is 7.29. The number of hydrogen-bond acceptors (Lipinski definition) is 4. The topological polar surface area (TPSA) is 62.3 Å². The molecule has 0 bridgehead atoms. The van der Waals surface area contributed by atoms with Crippen LogP contribution in [0.3, 0.4) is 0 Å². The van der Waals surface area contributed by atoms with Crippen LogP contribution < -0.4 is 5.32 Å². The zero-order chi connectivity index (χ0) is 13.9. The fourth-order valence-corrected chi connectivity index (χ4v) is 3.11. The number of aromatic nitrogens is 1. The molecule has 1 saturated heterocycles. The van der Waals surface area contributed by atoms with E-state index in [1.54, 1.807) is 12.3 Å². The maximum absolute atomic E-state index is 12.4. The fourth-order valence-electron chi connectivity index (χ4n) is 3.11. The maximum atomic E-state index is 12.4. The largest absolute Gasteiger partial charge is 0.358 e. The number of pyridine rings is 1. The zero-order valence-corrected chi connectivity index (χ0v) is 11.4. The molecule has 1 saturated carbocycles. The van der Waals surface area contributed by atoms with E-state index < -0.39 is 6.04 Å². The minimum atomic E-state index is -0.459. The maximum Gasteiger partial charge on any atom is 0.252 e. The number of hydrogen-bond donors (Lipinski definition) is 1. The van der Waals surface area contributed by atoms with E-state index in [4.69, 9.17) is 0 Å². The summed E-state index contributed by atoms with van der Waals surface area (Å²) in [6.07, 6.45) is 7.25. The van der Waals surface area contributed by atoms with Crippen LogP contribution in [0.2, 0.25) is 0 Å². The highest BCUT2D eigenvalue weighted by Crippen LogP contribution is 2.28. The van der Waals surface area contributed by atoms with E-state index in [-0.39, 0.29) is 24.3 Å². The Morgan fingerprint density at radius 2 is 1.95 bits per heavy atom. The molecule has 2 heterocycles. The lowest BCUT2D eigenvalue weighted by Crippen LogP contribution is -2.43. The monoisotopic (exact) mass is 273 g/mol. The second-order valence-corrected chi connectivity index (χ2v) is 5.51. The molecule has 1 aliphatic heterocycles. The Bertz CT molecular complexity index is 497. The predicted octanol–water partition coefficient (Wildman–Crippen LogP) is 1.95. The summed E-state index contributed by atoms with van der Waals surface area (Å²) in [6, 6.07) is 5.14. The van der Waals surface area contributed by atoms with Gasteiger partial charge in [0, 0.05) is 12.2 Å². The fraction of sp³-hybridized carbons (Fsp3) is 0.533. The van der Waals surface area contributed by atoms with Crippen molar-refractivity contribution in [2.75, 3.05) is 5.32 Å². The van der Waals surface area contributed by atoms with Crippen molar-refractivity contribution < 1.29 is 9.59 Å². The number of anilines is 1. The second-order valence-electron chi connectivity index (χ2n) is 5.51. The molecule has 1 aromatic rings. The summed E-state index contributed by atoms with van der Waals surface area (Å²) < 4.78 is 0. The summed E-state index contributed by atoms with van der Waals surface area (Å²) in [4.78, 5) is 30.2. The normalized spacial score (nSPS) is 24.2. The standard InChI is InChI=1S/C15H19N3O2/c19-14-10-12(17-13-8-4-5-9-16-13)15(20)18(14)11-6-2-1-3-7-11/h4-5,8-9,11-12H,1-3,6-7,10H2,(H,16,17). The van der Waals surface area contributed by atoms with Gasteiger partial charge in [-0.3, -0.25) is 14.5 Å². The van der Waals surface area contributed by atoms with Gasteiger partial charge in [-0.1, -0.05) is 25.3 Å². The average Bonchev–Trinajstić information content (AvgIpc) is 2.75. The first-order chi connectivity index (χ1) is 9.75. The van der Waals surface area contributed by atoms with Crippen molar-refractivity contribution in [1.29, 1.82) is 0 Å². The minimum absolute atomic E-state index is 0.0460. The number of carbonyl (C=O) groups is 2. The van der Waals surface area contributed by atoms with Gasteiger partial charge in [0.25, 0.3) is 5.91 Å². The van der Waals surface area contributed by atoms with Crippen molar-refractivity contribution in [1.82, 2.24) is 9.88 Å². The minimum Gasteiger partial charge on any atom is -0.358 e. The van der Waals surface area contributed by atoms with Crippen LogP contribution in [0.15, 0.2) is 24.4 Å². The summed E-state index contributed by atoms with van der Waals surface area (Å²) in [5.74, 6) is 0.507. The number of amides is 2. The van der Waals surface area contributed by atoms with Crippen LogP contribution in [0, 0.1) is 0 Å². The number of likely N-dealkylation sites (tertiary alicyclic amines) is 1.